The van der Waals surface area contributed by atoms with Crippen molar-refractivity contribution in [1.82, 2.24) is 4.72 Å². The number of hydrogen-bond donors (Lipinski definition) is 1. The van der Waals surface area contributed by atoms with Crippen LogP contribution in [-0.2, 0) is 19.6 Å². The van der Waals surface area contributed by atoms with Gasteiger partial charge in [-0.3, -0.25) is 0 Å². The molecule has 0 amide bonds. The molecule has 1 aromatic carbocycles. The lowest BCUT2D eigenvalue weighted by Crippen LogP contribution is -2.23. The van der Waals surface area contributed by atoms with Crippen LogP contribution in [0.25, 0.3) is 0 Å². The van der Waals surface area contributed by atoms with Crippen LogP contribution in [0.1, 0.15) is 20.8 Å². The molecule has 0 unspecified atom stereocenters. The normalized spacial score (nSPS) is 12.9. The fraction of sp³-hybridized carbons (Fsp3) is 0.312. The van der Waals surface area contributed by atoms with Gasteiger partial charge in [-0.1, -0.05) is 36.4 Å². The molecule has 1 aromatic rings. The number of benzene rings is 1. The summed E-state index contributed by atoms with van der Waals surface area (Å²) in [5.41, 5.74) is -0.531. The molecule has 0 atom stereocenters. The van der Waals surface area contributed by atoms with E-state index in [1.54, 1.807) is 51.1 Å². The zero-order valence-electron chi connectivity index (χ0n) is 12.9. The van der Waals surface area contributed by atoms with Gasteiger partial charge in [0.2, 0.25) is 10.0 Å². The van der Waals surface area contributed by atoms with Crippen LogP contribution in [0.15, 0.2) is 59.5 Å². The van der Waals surface area contributed by atoms with Gasteiger partial charge in [-0.15, -0.1) is 0 Å². The number of hydrogen-bond acceptors (Lipinski definition) is 4. The Hall–Kier alpha value is -1.92. The highest BCUT2D eigenvalue weighted by atomic mass is 32.2. The number of ether oxygens (including phenoxy) is 1. The first kappa shape index (κ1) is 18.1. The molecule has 22 heavy (non-hydrogen) atoms. The maximum atomic E-state index is 11.9. The topological polar surface area (TPSA) is 72.5 Å². The molecule has 5 nitrogen and oxygen atoms in total. The van der Waals surface area contributed by atoms with Crippen LogP contribution in [0.3, 0.4) is 0 Å². The molecular weight excluding hydrogens is 302 g/mol. The highest BCUT2D eigenvalue weighted by Gasteiger charge is 2.13. The molecule has 0 bridgehead atoms. The quantitative estimate of drug-likeness (QED) is 0.496. The van der Waals surface area contributed by atoms with E-state index in [9.17, 15) is 13.2 Å². The second kappa shape index (κ2) is 7.91. The van der Waals surface area contributed by atoms with Crippen molar-refractivity contribution in [1.29, 1.82) is 0 Å². The van der Waals surface area contributed by atoms with Crippen molar-refractivity contribution in [2.75, 3.05) is 6.54 Å². The Morgan fingerprint density at radius 2 is 1.82 bits per heavy atom. The fourth-order valence-electron chi connectivity index (χ4n) is 1.46. The van der Waals surface area contributed by atoms with Gasteiger partial charge in [-0.25, -0.2) is 17.9 Å². The first-order chi connectivity index (χ1) is 10.2. The summed E-state index contributed by atoms with van der Waals surface area (Å²) in [6.45, 7) is 5.49. The van der Waals surface area contributed by atoms with Crippen LogP contribution in [-0.4, -0.2) is 26.5 Å². The number of rotatable bonds is 6. The molecule has 0 spiro atoms. The van der Waals surface area contributed by atoms with Crippen molar-refractivity contribution in [3.05, 3.63) is 54.6 Å². The van der Waals surface area contributed by atoms with E-state index in [-0.39, 0.29) is 11.4 Å². The van der Waals surface area contributed by atoms with Gasteiger partial charge in [0, 0.05) is 12.6 Å². The summed E-state index contributed by atoms with van der Waals surface area (Å²) in [6, 6.07) is 8.12. The number of carbonyl (C=O) groups is 1. The largest absolute Gasteiger partial charge is 0.457 e. The maximum absolute atomic E-state index is 11.9. The molecule has 0 saturated carbocycles. The molecule has 6 heteroatoms. The van der Waals surface area contributed by atoms with Gasteiger partial charge in [0.1, 0.15) is 5.60 Å². The Bertz CT molecular complexity index is 640. The maximum Gasteiger partial charge on any atom is 0.331 e. The number of allylic oxidation sites excluding steroid dienone is 2. The molecule has 0 radical (unpaired) electrons. The van der Waals surface area contributed by atoms with Crippen molar-refractivity contribution in [3.63, 3.8) is 0 Å². The zero-order valence-corrected chi connectivity index (χ0v) is 13.8. The molecule has 0 aliphatic rings. The Labute approximate surface area is 131 Å². The molecule has 0 aliphatic carbocycles. The fourth-order valence-corrected chi connectivity index (χ4v) is 2.46. The average molecular weight is 323 g/mol. The van der Waals surface area contributed by atoms with E-state index in [0.717, 1.165) is 0 Å². The van der Waals surface area contributed by atoms with E-state index >= 15 is 0 Å². The van der Waals surface area contributed by atoms with Gasteiger partial charge in [0.25, 0.3) is 0 Å². The molecule has 0 heterocycles. The van der Waals surface area contributed by atoms with Gasteiger partial charge in [-0.2, -0.15) is 0 Å². The van der Waals surface area contributed by atoms with E-state index in [2.05, 4.69) is 4.72 Å². The number of carbonyl (C=O) groups excluding carboxylic acids is 1. The standard InChI is InChI=1S/C16H21NO4S/c1-16(2,3)21-15(18)12-8-5-9-13-17-22(19,20)14-10-6-4-7-11-14/h4-12,17H,13H2,1-3H3/b9-5-,12-8+. The third-order valence-electron chi connectivity index (χ3n) is 2.33. The van der Waals surface area contributed by atoms with Crippen LogP contribution in [0.5, 0.6) is 0 Å². The van der Waals surface area contributed by atoms with Crippen LogP contribution >= 0.6 is 0 Å². The molecule has 0 aliphatic heterocycles. The number of nitrogens with one attached hydrogen (secondary N) is 1. The van der Waals surface area contributed by atoms with E-state index in [1.807, 2.05) is 0 Å². The number of esters is 1. The Kier molecular flexibility index (Phi) is 6.52. The molecule has 1 N–H and O–H groups in total. The van der Waals surface area contributed by atoms with E-state index in [4.69, 9.17) is 4.74 Å². The minimum atomic E-state index is -3.50. The summed E-state index contributed by atoms with van der Waals surface area (Å²) in [6.07, 6.45) is 5.97. The van der Waals surface area contributed by atoms with Crippen molar-refractivity contribution in [2.45, 2.75) is 31.3 Å². The summed E-state index contributed by atoms with van der Waals surface area (Å²) < 4.78 is 31.3. The summed E-state index contributed by atoms with van der Waals surface area (Å²) in [5, 5.41) is 0. The first-order valence-electron chi connectivity index (χ1n) is 6.82. The third-order valence-corrected chi connectivity index (χ3v) is 3.77. The van der Waals surface area contributed by atoms with Crippen LogP contribution < -0.4 is 4.72 Å². The third kappa shape index (κ3) is 7.19. The van der Waals surface area contributed by atoms with Crippen molar-refractivity contribution in [3.8, 4) is 0 Å². The lowest BCUT2D eigenvalue weighted by molar-refractivity contribution is -0.148. The predicted molar refractivity (Wildman–Crippen MR) is 85.8 cm³/mol. The molecule has 0 fully saturated rings. The minimum Gasteiger partial charge on any atom is -0.457 e. The molecule has 0 saturated heterocycles. The van der Waals surface area contributed by atoms with Crippen molar-refractivity contribution >= 4 is 16.0 Å². The second-order valence-corrected chi connectivity index (χ2v) is 7.25. The zero-order chi connectivity index (χ0) is 16.6. The Balaban J connectivity index is 2.43. The minimum absolute atomic E-state index is 0.135. The smallest absolute Gasteiger partial charge is 0.331 e. The van der Waals surface area contributed by atoms with E-state index in [0.29, 0.717) is 0 Å². The monoisotopic (exact) mass is 323 g/mol. The van der Waals surface area contributed by atoms with Gasteiger partial charge >= 0.3 is 5.97 Å². The van der Waals surface area contributed by atoms with E-state index < -0.39 is 21.6 Å². The summed E-state index contributed by atoms with van der Waals surface area (Å²) in [7, 11) is -3.50. The van der Waals surface area contributed by atoms with E-state index in [1.165, 1.54) is 24.3 Å². The highest BCUT2D eigenvalue weighted by Crippen LogP contribution is 2.07. The highest BCUT2D eigenvalue weighted by molar-refractivity contribution is 7.89. The van der Waals surface area contributed by atoms with Gasteiger partial charge in [-0.05, 0) is 32.9 Å². The lowest BCUT2D eigenvalue weighted by atomic mass is 10.2. The van der Waals surface area contributed by atoms with Gasteiger partial charge in [0.15, 0.2) is 0 Å². The number of sulfonamides is 1. The summed E-state index contributed by atoms with van der Waals surface area (Å²) >= 11 is 0. The van der Waals surface area contributed by atoms with Crippen LogP contribution in [0, 0.1) is 0 Å². The lowest BCUT2D eigenvalue weighted by Gasteiger charge is -2.17. The Morgan fingerprint density at radius 3 is 2.41 bits per heavy atom. The SMILES string of the molecule is CC(C)(C)OC(=O)/C=C/C=C\CNS(=O)(=O)c1ccccc1. The molecular formula is C16H21NO4S. The molecule has 1 rings (SSSR count). The Morgan fingerprint density at radius 1 is 1.18 bits per heavy atom. The first-order valence-corrected chi connectivity index (χ1v) is 8.30. The second-order valence-electron chi connectivity index (χ2n) is 5.49. The van der Waals surface area contributed by atoms with Crippen LogP contribution in [0.4, 0.5) is 0 Å². The predicted octanol–water partition coefficient (Wildman–Crippen LogP) is 2.42. The summed E-state index contributed by atoms with van der Waals surface area (Å²) in [5.74, 6) is -0.443. The molecule has 0 aromatic heterocycles. The van der Waals surface area contributed by atoms with Crippen molar-refractivity contribution in [2.24, 2.45) is 0 Å². The van der Waals surface area contributed by atoms with Crippen molar-refractivity contribution < 1.29 is 17.9 Å². The van der Waals surface area contributed by atoms with Crippen LogP contribution in [0.2, 0.25) is 0 Å². The van der Waals surface area contributed by atoms with Gasteiger partial charge in [0.05, 0.1) is 4.90 Å². The molecule has 120 valence electrons. The summed E-state index contributed by atoms with van der Waals surface area (Å²) in [4.78, 5) is 11.6. The van der Waals surface area contributed by atoms with Gasteiger partial charge < -0.3 is 4.74 Å². The average Bonchev–Trinajstić information content (AvgIpc) is 2.41.